The van der Waals surface area contributed by atoms with Gasteiger partial charge in [-0.2, -0.15) is 0 Å². The molecule has 0 aromatic heterocycles. The first kappa shape index (κ1) is 23.9. The molecule has 3 rings (SSSR count). The molecule has 3 atom stereocenters. The molecule has 1 saturated heterocycles. The van der Waals surface area contributed by atoms with Crippen LogP contribution < -0.4 is 11.1 Å². The van der Waals surface area contributed by atoms with Crippen LogP contribution in [0.3, 0.4) is 0 Å². The Hall–Kier alpha value is -2.37. The van der Waals surface area contributed by atoms with Crippen molar-refractivity contribution in [2.45, 2.75) is 38.1 Å². The highest BCUT2D eigenvalue weighted by atomic mass is 35.5. The molecule has 5 nitrogen and oxygen atoms in total. The summed E-state index contributed by atoms with van der Waals surface area (Å²) >= 11 is 0. The highest BCUT2D eigenvalue weighted by molar-refractivity contribution is 5.88. The average Bonchev–Trinajstić information content (AvgIpc) is 3.19. The van der Waals surface area contributed by atoms with Crippen LogP contribution in [0.2, 0.25) is 0 Å². The fourth-order valence-electron chi connectivity index (χ4n) is 4.16. The molecular formula is C24H32ClN3O2. The maximum Gasteiger partial charge on any atom is 0.245 e. The number of likely N-dealkylation sites (tertiary alicyclic amines) is 1. The molecule has 0 saturated carbocycles. The molecule has 1 aliphatic rings. The maximum atomic E-state index is 13.2. The first-order chi connectivity index (χ1) is 14.1. The zero-order valence-electron chi connectivity index (χ0n) is 17.5. The van der Waals surface area contributed by atoms with Gasteiger partial charge in [-0.05, 0) is 30.0 Å². The van der Waals surface area contributed by atoms with Gasteiger partial charge in [0, 0.05) is 19.0 Å². The number of hydrogen-bond acceptors (Lipinski definition) is 3. The molecule has 2 amide bonds. The van der Waals surface area contributed by atoms with E-state index in [-0.39, 0.29) is 42.5 Å². The summed E-state index contributed by atoms with van der Waals surface area (Å²) in [6.07, 6.45) is 1.75. The number of nitrogens with one attached hydrogen (secondary N) is 1. The van der Waals surface area contributed by atoms with E-state index in [4.69, 9.17) is 5.73 Å². The van der Waals surface area contributed by atoms with Crippen LogP contribution in [0.25, 0.3) is 0 Å². The molecule has 0 radical (unpaired) electrons. The molecule has 1 unspecified atom stereocenters. The Balaban J connectivity index is 0.00000320. The predicted octanol–water partition coefficient (Wildman–Crippen LogP) is 3.14. The third kappa shape index (κ3) is 6.07. The van der Waals surface area contributed by atoms with Crippen molar-refractivity contribution in [2.75, 3.05) is 19.6 Å². The number of rotatable bonds is 8. The Morgan fingerprint density at radius 1 is 1.07 bits per heavy atom. The van der Waals surface area contributed by atoms with Gasteiger partial charge in [0.25, 0.3) is 0 Å². The van der Waals surface area contributed by atoms with E-state index >= 15 is 0 Å². The second-order valence-electron chi connectivity index (χ2n) is 7.83. The molecular weight excluding hydrogens is 398 g/mol. The Morgan fingerprint density at radius 3 is 2.30 bits per heavy atom. The zero-order valence-corrected chi connectivity index (χ0v) is 18.3. The van der Waals surface area contributed by atoms with E-state index in [1.807, 2.05) is 60.4 Å². The van der Waals surface area contributed by atoms with Crippen molar-refractivity contribution >= 4 is 24.2 Å². The van der Waals surface area contributed by atoms with Gasteiger partial charge in [0.05, 0.1) is 6.42 Å². The normalized spacial score (nSPS) is 19.1. The lowest BCUT2D eigenvalue weighted by atomic mass is 9.89. The first-order valence-electron chi connectivity index (χ1n) is 10.5. The van der Waals surface area contributed by atoms with Crippen molar-refractivity contribution in [1.82, 2.24) is 10.2 Å². The number of nitrogens with two attached hydrogens (primary N) is 1. The van der Waals surface area contributed by atoms with Gasteiger partial charge in [-0.1, -0.05) is 74.0 Å². The topological polar surface area (TPSA) is 75.4 Å². The number of carbonyl (C=O) groups excluding carboxylic acids is 2. The van der Waals surface area contributed by atoms with Crippen molar-refractivity contribution in [3.05, 3.63) is 71.8 Å². The van der Waals surface area contributed by atoms with E-state index in [1.165, 1.54) is 5.56 Å². The highest BCUT2D eigenvalue weighted by Gasteiger charge is 2.37. The molecule has 3 N–H and O–H groups in total. The molecule has 162 valence electrons. The van der Waals surface area contributed by atoms with Crippen molar-refractivity contribution in [1.29, 1.82) is 0 Å². The van der Waals surface area contributed by atoms with Gasteiger partial charge in [-0.3, -0.25) is 9.59 Å². The Labute approximate surface area is 185 Å². The summed E-state index contributed by atoms with van der Waals surface area (Å²) in [6, 6.07) is 19.4. The molecule has 2 aromatic carbocycles. The lowest BCUT2D eigenvalue weighted by Crippen LogP contribution is -2.48. The second kappa shape index (κ2) is 11.7. The first-order valence-corrected chi connectivity index (χ1v) is 10.5. The van der Waals surface area contributed by atoms with Crippen LogP contribution in [0.5, 0.6) is 0 Å². The number of benzene rings is 2. The smallest absolute Gasteiger partial charge is 0.245 e. The molecule has 1 fully saturated rings. The maximum absolute atomic E-state index is 13.2. The van der Waals surface area contributed by atoms with Crippen LogP contribution in [-0.4, -0.2) is 42.4 Å². The Bertz CT molecular complexity index is 801. The van der Waals surface area contributed by atoms with Crippen LogP contribution in [-0.2, 0) is 16.0 Å². The van der Waals surface area contributed by atoms with Crippen LogP contribution in [0, 0.1) is 5.92 Å². The third-order valence-electron chi connectivity index (χ3n) is 5.70. The molecule has 30 heavy (non-hydrogen) atoms. The van der Waals surface area contributed by atoms with Gasteiger partial charge >= 0.3 is 0 Å². The van der Waals surface area contributed by atoms with Gasteiger partial charge < -0.3 is 16.0 Å². The SMILES string of the molecule is CCCC(NC(=O)Cc1ccccc1)C(=O)N1C[C@@H](CN)[C@H](c2ccccc2)C1.Cl. The minimum absolute atomic E-state index is 0. The number of carbonyl (C=O) groups is 2. The molecule has 0 spiro atoms. The number of nitrogens with zero attached hydrogens (tertiary/aromatic N) is 1. The molecule has 0 aliphatic carbocycles. The summed E-state index contributed by atoms with van der Waals surface area (Å²) in [6.45, 7) is 3.87. The van der Waals surface area contributed by atoms with Crippen molar-refractivity contribution < 1.29 is 9.59 Å². The minimum atomic E-state index is -0.482. The standard InChI is InChI=1S/C24H31N3O2.ClH/c1-2-9-22(26-23(28)14-18-10-5-3-6-11-18)24(29)27-16-20(15-25)21(17-27)19-12-7-4-8-13-19;/h3-8,10-13,20-22H,2,9,14-17,25H2,1H3,(H,26,28);1H/t20-,21+,22?;/m1./s1. The summed E-state index contributed by atoms with van der Waals surface area (Å²) in [7, 11) is 0. The number of amides is 2. The Morgan fingerprint density at radius 2 is 1.70 bits per heavy atom. The minimum Gasteiger partial charge on any atom is -0.344 e. The lowest BCUT2D eigenvalue weighted by molar-refractivity contribution is -0.135. The molecule has 0 bridgehead atoms. The van der Waals surface area contributed by atoms with Gasteiger partial charge in [0.15, 0.2) is 0 Å². The van der Waals surface area contributed by atoms with E-state index < -0.39 is 6.04 Å². The van der Waals surface area contributed by atoms with Crippen LogP contribution in [0.4, 0.5) is 0 Å². The fourth-order valence-corrected chi connectivity index (χ4v) is 4.16. The van der Waals surface area contributed by atoms with Gasteiger partial charge in [-0.25, -0.2) is 0 Å². The van der Waals surface area contributed by atoms with E-state index in [0.717, 1.165) is 12.0 Å². The fraction of sp³-hybridized carbons (Fsp3) is 0.417. The number of hydrogen-bond donors (Lipinski definition) is 2. The highest BCUT2D eigenvalue weighted by Crippen LogP contribution is 2.32. The van der Waals surface area contributed by atoms with Gasteiger partial charge in [0.2, 0.25) is 11.8 Å². The van der Waals surface area contributed by atoms with Crippen molar-refractivity contribution in [2.24, 2.45) is 11.7 Å². The third-order valence-corrected chi connectivity index (χ3v) is 5.70. The second-order valence-corrected chi connectivity index (χ2v) is 7.83. The van der Waals surface area contributed by atoms with Crippen molar-refractivity contribution in [3.8, 4) is 0 Å². The van der Waals surface area contributed by atoms with Crippen LogP contribution >= 0.6 is 12.4 Å². The van der Waals surface area contributed by atoms with Gasteiger partial charge in [-0.15, -0.1) is 12.4 Å². The van der Waals surface area contributed by atoms with Crippen molar-refractivity contribution in [3.63, 3.8) is 0 Å². The summed E-state index contributed by atoms with van der Waals surface area (Å²) in [5.74, 6) is 0.374. The van der Waals surface area contributed by atoms with E-state index in [9.17, 15) is 9.59 Å². The van der Waals surface area contributed by atoms with E-state index in [2.05, 4.69) is 17.4 Å². The largest absolute Gasteiger partial charge is 0.344 e. The van der Waals surface area contributed by atoms with Crippen LogP contribution in [0.15, 0.2) is 60.7 Å². The zero-order chi connectivity index (χ0) is 20.6. The molecule has 1 heterocycles. The summed E-state index contributed by atoms with van der Waals surface area (Å²) in [5, 5.41) is 2.97. The van der Waals surface area contributed by atoms with E-state index in [1.54, 1.807) is 0 Å². The Kier molecular flexibility index (Phi) is 9.34. The molecule has 6 heteroatoms. The van der Waals surface area contributed by atoms with Crippen LogP contribution in [0.1, 0.15) is 36.8 Å². The van der Waals surface area contributed by atoms with E-state index in [0.29, 0.717) is 26.1 Å². The van der Waals surface area contributed by atoms with Gasteiger partial charge in [0.1, 0.15) is 6.04 Å². The predicted molar refractivity (Wildman–Crippen MR) is 123 cm³/mol. The molecule has 2 aromatic rings. The summed E-state index contributed by atoms with van der Waals surface area (Å²) in [4.78, 5) is 27.6. The quantitative estimate of drug-likeness (QED) is 0.676. The average molecular weight is 430 g/mol. The lowest BCUT2D eigenvalue weighted by Gasteiger charge is -2.24. The molecule has 1 aliphatic heterocycles. The monoisotopic (exact) mass is 429 g/mol. The number of halogens is 1. The summed E-state index contributed by atoms with van der Waals surface area (Å²) < 4.78 is 0. The summed E-state index contributed by atoms with van der Waals surface area (Å²) in [5.41, 5.74) is 8.18.